The van der Waals surface area contributed by atoms with Gasteiger partial charge in [0, 0.05) is 13.2 Å². The van der Waals surface area contributed by atoms with Gasteiger partial charge in [0.15, 0.2) is 0 Å². The third kappa shape index (κ3) is 5.71. The molecule has 0 N–H and O–H groups in total. The summed E-state index contributed by atoms with van der Waals surface area (Å²) in [7, 11) is 0. The molecular formula is C18H24O. The van der Waals surface area contributed by atoms with Gasteiger partial charge in [-0.2, -0.15) is 0 Å². The standard InChI is InChI=1S/C14H14.C4H10O/c1-2-12-8-10-14(11-9-12)13-6-4-3-5-7-13;1-3-5-4-2/h3-11H,2H2,1H3;3-4H2,1-2H3. The molecule has 1 heteroatoms. The summed E-state index contributed by atoms with van der Waals surface area (Å²) in [6.07, 6.45) is 1.11. The van der Waals surface area contributed by atoms with Gasteiger partial charge in [-0.1, -0.05) is 61.5 Å². The molecule has 0 aromatic heterocycles. The van der Waals surface area contributed by atoms with Crippen LogP contribution in [0.15, 0.2) is 54.6 Å². The van der Waals surface area contributed by atoms with Gasteiger partial charge in [0.25, 0.3) is 0 Å². The lowest BCUT2D eigenvalue weighted by atomic mass is 10.0. The molecular weight excluding hydrogens is 232 g/mol. The summed E-state index contributed by atoms with van der Waals surface area (Å²) in [5, 5.41) is 0. The van der Waals surface area contributed by atoms with Gasteiger partial charge in [-0.25, -0.2) is 0 Å². The van der Waals surface area contributed by atoms with Crippen LogP contribution in [0.1, 0.15) is 26.3 Å². The number of benzene rings is 2. The molecule has 0 atom stereocenters. The number of hydrogen-bond acceptors (Lipinski definition) is 1. The number of hydrogen-bond donors (Lipinski definition) is 0. The first kappa shape index (κ1) is 15.5. The Labute approximate surface area is 117 Å². The normalized spacial score (nSPS) is 9.63. The second-order valence-electron chi connectivity index (χ2n) is 4.20. The van der Waals surface area contributed by atoms with E-state index in [1.54, 1.807) is 0 Å². The zero-order valence-electron chi connectivity index (χ0n) is 12.2. The molecule has 19 heavy (non-hydrogen) atoms. The maximum Gasteiger partial charge on any atom is 0.0437 e. The molecule has 0 radical (unpaired) electrons. The van der Waals surface area contributed by atoms with Crippen molar-refractivity contribution in [2.45, 2.75) is 27.2 Å². The number of aryl methyl sites for hydroxylation is 1. The fourth-order valence-corrected chi connectivity index (χ4v) is 1.77. The second-order valence-corrected chi connectivity index (χ2v) is 4.20. The first-order chi connectivity index (χ1) is 9.31. The van der Waals surface area contributed by atoms with Gasteiger partial charge in [-0.05, 0) is 37.0 Å². The SMILES string of the molecule is CCOCC.CCc1ccc(-c2ccccc2)cc1. The van der Waals surface area contributed by atoms with Crippen LogP contribution in [0.25, 0.3) is 11.1 Å². The van der Waals surface area contributed by atoms with Crippen LogP contribution in [-0.2, 0) is 11.2 Å². The second kappa shape index (κ2) is 9.35. The molecule has 1 nitrogen and oxygen atoms in total. The first-order valence-electron chi connectivity index (χ1n) is 7.03. The maximum atomic E-state index is 4.83. The van der Waals surface area contributed by atoms with E-state index in [2.05, 4.69) is 55.5 Å². The van der Waals surface area contributed by atoms with Crippen LogP contribution >= 0.6 is 0 Å². The van der Waals surface area contributed by atoms with Gasteiger partial charge in [0.1, 0.15) is 0 Å². The zero-order chi connectivity index (χ0) is 13.9. The fraction of sp³-hybridized carbons (Fsp3) is 0.333. The van der Waals surface area contributed by atoms with Crippen LogP contribution in [0.2, 0.25) is 0 Å². The third-order valence-corrected chi connectivity index (χ3v) is 2.88. The average Bonchev–Trinajstić information content (AvgIpc) is 2.50. The van der Waals surface area contributed by atoms with Crippen LogP contribution in [0, 0.1) is 0 Å². The topological polar surface area (TPSA) is 9.23 Å². The molecule has 2 aromatic rings. The predicted octanol–water partition coefficient (Wildman–Crippen LogP) is 4.96. The molecule has 0 bridgehead atoms. The van der Waals surface area contributed by atoms with E-state index >= 15 is 0 Å². The Morgan fingerprint density at radius 1 is 0.684 bits per heavy atom. The summed E-state index contributed by atoms with van der Waals surface area (Å²) in [6, 6.07) is 19.2. The van der Waals surface area contributed by atoms with Crippen LogP contribution < -0.4 is 0 Å². The van der Waals surface area contributed by atoms with Crippen molar-refractivity contribution in [3.63, 3.8) is 0 Å². The quantitative estimate of drug-likeness (QED) is 0.751. The molecule has 0 spiro atoms. The molecule has 0 aliphatic carbocycles. The minimum absolute atomic E-state index is 0.844. The maximum absolute atomic E-state index is 4.83. The van der Waals surface area contributed by atoms with Crippen LogP contribution in [0.3, 0.4) is 0 Å². The van der Waals surface area contributed by atoms with E-state index in [4.69, 9.17) is 4.74 Å². The Bertz CT molecular complexity index is 429. The summed E-state index contributed by atoms with van der Waals surface area (Å²) < 4.78 is 4.83. The molecule has 2 rings (SSSR count). The smallest absolute Gasteiger partial charge is 0.0437 e. The Morgan fingerprint density at radius 2 is 1.21 bits per heavy atom. The van der Waals surface area contributed by atoms with E-state index in [-0.39, 0.29) is 0 Å². The van der Waals surface area contributed by atoms with Crippen LogP contribution in [0.5, 0.6) is 0 Å². The molecule has 0 aliphatic rings. The minimum Gasteiger partial charge on any atom is -0.382 e. The lowest BCUT2D eigenvalue weighted by Crippen LogP contribution is -1.84. The van der Waals surface area contributed by atoms with Crippen molar-refractivity contribution >= 4 is 0 Å². The summed E-state index contributed by atoms with van der Waals surface area (Å²) in [5.74, 6) is 0. The summed E-state index contributed by atoms with van der Waals surface area (Å²) in [6.45, 7) is 7.84. The monoisotopic (exact) mass is 256 g/mol. The number of ether oxygens (including phenoxy) is 1. The van der Waals surface area contributed by atoms with E-state index in [0.29, 0.717) is 0 Å². The van der Waals surface area contributed by atoms with E-state index in [1.165, 1.54) is 16.7 Å². The van der Waals surface area contributed by atoms with Gasteiger partial charge in [-0.15, -0.1) is 0 Å². The molecule has 2 aromatic carbocycles. The lowest BCUT2D eigenvalue weighted by molar-refractivity contribution is 0.162. The predicted molar refractivity (Wildman–Crippen MR) is 83.4 cm³/mol. The molecule has 0 amide bonds. The minimum atomic E-state index is 0.844. The highest BCUT2D eigenvalue weighted by atomic mass is 16.5. The van der Waals surface area contributed by atoms with E-state index in [1.807, 2.05) is 19.9 Å². The Balaban J connectivity index is 0.000000312. The summed E-state index contributed by atoms with van der Waals surface area (Å²) >= 11 is 0. The van der Waals surface area contributed by atoms with Crippen molar-refractivity contribution < 1.29 is 4.74 Å². The van der Waals surface area contributed by atoms with Crippen molar-refractivity contribution in [2.24, 2.45) is 0 Å². The van der Waals surface area contributed by atoms with Crippen LogP contribution in [0.4, 0.5) is 0 Å². The van der Waals surface area contributed by atoms with Gasteiger partial charge < -0.3 is 4.74 Å². The average molecular weight is 256 g/mol. The lowest BCUT2D eigenvalue weighted by Gasteiger charge is -2.02. The van der Waals surface area contributed by atoms with Gasteiger partial charge in [-0.3, -0.25) is 0 Å². The van der Waals surface area contributed by atoms with Crippen molar-refractivity contribution in [3.05, 3.63) is 60.2 Å². The van der Waals surface area contributed by atoms with Gasteiger partial charge in [0.2, 0.25) is 0 Å². The molecule has 0 saturated carbocycles. The Kier molecular flexibility index (Phi) is 7.60. The number of rotatable bonds is 4. The zero-order valence-corrected chi connectivity index (χ0v) is 12.2. The Hall–Kier alpha value is -1.60. The Morgan fingerprint density at radius 3 is 1.63 bits per heavy atom. The largest absolute Gasteiger partial charge is 0.382 e. The highest BCUT2D eigenvalue weighted by Crippen LogP contribution is 2.19. The van der Waals surface area contributed by atoms with Crippen molar-refractivity contribution in [1.29, 1.82) is 0 Å². The third-order valence-electron chi connectivity index (χ3n) is 2.88. The van der Waals surface area contributed by atoms with Gasteiger partial charge in [0.05, 0.1) is 0 Å². The highest BCUT2D eigenvalue weighted by molar-refractivity contribution is 5.63. The summed E-state index contributed by atoms with van der Waals surface area (Å²) in [5.41, 5.74) is 3.97. The molecule has 0 saturated heterocycles. The van der Waals surface area contributed by atoms with Crippen molar-refractivity contribution in [3.8, 4) is 11.1 Å². The first-order valence-corrected chi connectivity index (χ1v) is 7.03. The van der Waals surface area contributed by atoms with E-state index in [9.17, 15) is 0 Å². The molecule has 0 unspecified atom stereocenters. The molecule has 0 aliphatic heterocycles. The highest BCUT2D eigenvalue weighted by Gasteiger charge is 1.95. The van der Waals surface area contributed by atoms with Crippen LogP contribution in [-0.4, -0.2) is 13.2 Å². The molecule has 102 valence electrons. The van der Waals surface area contributed by atoms with Gasteiger partial charge >= 0.3 is 0 Å². The van der Waals surface area contributed by atoms with E-state index in [0.717, 1.165) is 19.6 Å². The fourth-order valence-electron chi connectivity index (χ4n) is 1.77. The molecule has 0 fully saturated rings. The summed E-state index contributed by atoms with van der Waals surface area (Å²) in [4.78, 5) is 0. The van der Waals surface area contributed by atoms with Crippen molar-refractivity contribution in [2.75, 3.05) is 13.2 Å². The molecule has 0 heterocycles. The van der Waals surface area contributed by atoms with E-state index < -0.39 is 0 Å². The van der Waals surface area contributed by atoms with Crippen molar-refractivity contribution in [1.82, 2.24) is 0 Å².